The number of nitro groups is 1. The van der Waals surface area contributed by atoms with Gasteiger partial charge >= 0.3 is 0 Å². The minimum absolute atomic E-state index is 0.0317. The summed E-state index contributed by atoms with van der Waals surface area (Å²) < 4.78 is 0. The van der Waals surface area contributed by atoms with Gasteiger partial charge in [0.25, 0.3) is 5.69 Å². The molecule has 2 aromatic rings. The Morgan fingerprint density at radius 1 is 1.21 bits per heavy atom. The number of hydrogen-bond donors (Lipinski definition) is 1. The summed E-state index contributed by atoms with van der Waals surface area (Å²) in [5, 5.41) is 13.9. The highest BCUT2D eigenvalue weighted by Crippen LogP contribution is 2.45. The molecule has 4 rings (SSSR count). The van der Waals surface area contributed by atoms with Crippen molar-refractivity contribution < 1.29 is 9.72 Å². The van der Waals surface area contributed by atoms with Crippen molar-refractivity contribution in [1.29, 1.82) is 0 Å². The van der Waals surface area contributed by atoms with Gasteiger partial charge in [0.05, 0.1) is 16.4 Å². The molecule has 0 unspecified atom stereocenters. The van der Waals surface area contributed by atoms with E-state index in [1.54, 1.807) is 0 Å². The number of benzene rings is 1. The van der Waals surface area contributed by atoms with Gasteiger partial charge in [0.2, 0.25) is 5.91 Å². The number of carbonyl (C=O) groups excluding carboxylic acids is 1. The number of hydrogen-bond acceptors (Lipinski definition) is 5. The molecule has 24 heavy (non-hydrogen) atoms. The lowest BCUT2D eigenvalue weighted by Gasteiger charge is -2.38. The fourth-order valence-corrected chi connectivity index (χ4v) is 3.68. The van der Waals surface area contributed by atoms with Crippen LogP contribution >= 0.6 is 0 Å². The van der Waals surface area contributed by atoms with Crippen LogP contribution in [-0.2, 0) is 10.2 Å². The first-order valence-electron chi connectivity index (χ1n) is 7.86. The van der Waals surface area contributed by atoms with Gasteiger partial charge in [0, 0.05) is 31.0 Å². The Bertz CT molecular complexity index is 828. The van der Waals surface area contributed by atoms with E-state index in [9.17, 15) is 14.9 Å². The highest BCUT2D eigenvalue weighted by Gasteiger charge is 2.48. The molecule has 2 aliphatic heterocycles. The van der Waals surface area contributed by atoms with Gasteiger partial charge in [-0.05, 0) is 24.5 Å². The first kappa shape index (κ1) is 14.6. The van der Waals surface area contributed by atoms with Crippen LogP contribution in [-0.4, -0.2) is 28.9 Å². The predicted octanol–water partition coefficient (Wildman–Crippen LogP) is 2.48. The molecule has 1 spiro atoms. The minimum Gasteiger partial charge on any atom is -0.356 e. The molecule has 7 nitrogen and oxygen atoms in total. The molecule has 0 bridgehead atoms. The van der Waals surface area contributed by atoms with Crippen molar-refractivity contribution in [3.8, 4) is 0 Å². The van der Waals surface area contributed by atoms with Crippen LogP contribution in [0.4, 0.5) is 17.2 Å². The van der Waals surface area contributed by atoms with Gasteiger partial charge in [-0.3, -0.25) is 14.9 Å². The quantitative estimate of drug-likeness (QED) is 0.677. The molecule has 0 radical (unpaired) electrons. The molecule has 1 N–H and O–H groups in total. The second-order valence-electron chi connectivity index (χ2n) is 6.20. The van der Waals surface area contributed by atoms with Gasteiger partial charge in [0.15, 0.2) is 0 Å². The molecule has 2 aliphatic rings. The zero-order valence-electron chi connectivity index (χ0n) is 12.9. The van der Waals surface area contributed by atoms with Gasteiger partial charge < -0.3 is 10.2 Å². The number of amides is 1. The standard InChI is InChI=1S/C17H16N4O3/c22-16-17(13-3-1-2-4-14(13)19-16)6-9-20(10-7-17)15-11-12(21(23)24)5-8-18-15/h1-5,8,11H,6-7,9-10H2,(H,19,22). The Kier molecular flexibility index (Phi) is 3.23. The van der Waals surface area contributed by atoms with Crippen molar-refractivity contribution in [3.63, 3.8) is 0 Å². The Balaban J connectivity index is 1.58. The van der Waals surface area contributed by atoms with Gasteiger partial charge in [0.1, 0.15) is 5.82 Å². The molecule has 1 amide bonds. The number of para-hydroxylation sites is 1. The number of anilines is 2. The zero-order valence-corrected chi connectivity index (χ0v) is 12.9. The molecule has 1 fully saturated rings. The van der Waals surface area contributed by atoms with E-state index in [0.717, 1.165) is 11.3 Å². The van der Waals surface area contributed by atoms with E-state index < -0.39 is 10.3 Å². The van der Waals surface area contributed by atoms with Gasteiger partial charge in [-0.1, -0.05) is 18.2 Å². The highest BCUT2D eigenvalue weighted by molar-refractivity contribution is 6.06. The third-order valence-electron chi connectivity index (χ3n) is 5.01. The van der Waals surface area contributed by atoms with Crippen LogP contribution in [0.25, 0.3) is 0 Å². The lowest BCUT2D eigenvalue weighted by molar-refractivity contribution is -0.384. The molecule has 1 saturated heterocycles. The topological polar surface area (TPSA) is 88.4 Å². The van der Waals surface area contributed by atoms with E-state index in [1.165, 1.54) is 18.3 Å². The van der Waals surface area contributed by atoms with E-state index in [-0.39, 0.29) is 11.6 Å². The summed E-state index contributed by atoms with van der Waals surface area (Å²) in [6.07, 6.45) is 2.79. The maximum atomic E-state index is 12.6. The van der Waals surface area contributed by atoms with Gasteiger partial charge in [-0.2, -0.15) is 0 Å². The molecule has 0 aliphatic carbocycles. The number of pyridine rings is 1. The van der Waals surface area contributed by atoms with Crippen LogP contribution in [0, 0.1) is 10.1 Å². The van der Waals surface area contributed by atoms with Crippen molar-refractivity contribution in [2.45, 2.75) is 18.3 Å². The maximum absolute atomic E-state index is 12.6. The normalized spacial score (nSPS) is 18.3. The molecular weight excluding hydrogens is 308 g/mol. The lowest BCUT2D eigenvalue weighted by Crippen LogP contribution is -2.46. The summed E-state index contributed by atoms with van der Waals surface area (Å²) >= 11 is 0. The van der Waals surface area contributed by atoms with Crippen molar-refractivity contribution >= 4 is 23.1 Å². The van der Waals surface area contributed by atoms with Crippen molar-refractivity contribution in [2.24, 2.45) is 0 Å². The summed E-state index contributed by atoms with van der Waals surface area (Å²) in [4.78, 5) is 29.3. The van der Waals surface area contributed by atoms with Crippen LogP contribution in [0.15, 0.2) is 42.6 Å². The van der Waals surface area contributed by atoms with Gasteiger partial charge in [-0.15, -0.1) is 0 Å². The largest absolute Gasteiger partial charge is 0.356 e. The van der Waals surface area contributed by atoms with E-state index in [1.807, 2.05) is 29.2 Å². The Labute approximate surface area is 138 Å². The summed E-state index contributed by atoms with van der Waals surface area (Å²) in [5.74, 6) is 0.640. The number of nitrogens with one attached hydrogen (secondary N) is 1. The second kappa shape index (κ2) is 5.30. The van der Waals surface area contributed by atoms with Crippen LogP contribution in [0.5, 0.6) is 0 Å². The number of rotatable bonds is 2. The van der Waals surface area contributed by atoms with Crippen LogP contribution in [0.1, 0.15) is 18.4 Å². The molecule has 3 heterocycles. The Hall–Kier alpha value is -2.96. The third-order valence-corrected chi connectivity index (χ3v) is 5.01. The minimum atomic E-state index is -0.492. The van der Waals surface area contributed by atoms with Gasteiger partial charge in [-0.25, -0.2) is 4.98 Å². The monoisotopic (exact) mass is 324 g/mol. The first-order valence-corrected chi connectivity index (χ1v) is 7.86. The molecule has 7 heteroatoms. The smallest absolute Gasteiger partial charge is 0.274 e. The molecule has 1 aromatic carbocycles. The fraction of sp³-hybridized carbons (Fsp3) is 0.294. The van der Waals surface area contributed by atoms with Crippen molar-refractivity contribution in [2.75, 3.05) is 23.3 Å². The maximum Gasteiger partial charge on any atom is 0.274 e. The van der Waals surface area contributed by atoms with E-state index in [2.05, 4.69) is 10.3 Å². The van der Waals surface area contributed by atoms with Crippen LogP contribution in [0.2, 0.25) is 0 Å². The molecule has 0 atom stereocenters. The highest BCUT2D eigenvalue weighted by atomic mass is 16.6. The van der Waals surface area contributed by atoms with Crippen LogP contribution < -0.4 is 10.2 Å². The summed E-state index contributed by atoms with van der Waals surface area (Å²) in [7, 11) is 0. The average Bonchev–Trinajstić information content (AvgIpc) is 2.88. The first-order chi connectivity index (χ1) is 11.6. The molecular formula is C17H16N4O3. The second-order valence-corrected chi connectivity index (χ2v) is 6.20. The Morgan fingerprint density at radius 3 is 2.71 bits per heavy atom. The summed E-state index contributed by atoms with van der Waals surface area (Å²) in [6, 6.07) is 10.7. The van der Waals surface area contributed by atoms with E-state index in [0.29, 0.717) is 31.7 Å². The number of nitrogens with zero attached hydrogens (tertiary/aromatic N) is 3. The van der Waals surface area contributed by atoms with E-state index >= 15 is 0 Å². The predicted molar refractivity (Wildman–Crippen MR) is 89.1 cm³/mol. The van der Waals surface area contributed by atoms with E-state index in [4.69, 9.17) is 0 Å². The summed E-state index contributed by atoms with van der Waals surface area (Å²) in [6.45, 7) is 1.27. The SMILES string of the molecule is O=C1Nc2ccccc2C12CCN(c1cc([N+](=O)[O-])ccn1)CC2. The molecule has 0 saturated carbocycles. The molecule has 1 aromatic heterocycles. The average molecular weight is 324 g/mol. The van der Waals surface area contributed by atoms with Crippen molar-refractivity contribution in [1.82, 2.24) is 4.98 Å². The van der Waals surface area contributed by atoms with Crippen molar-refractivity contribution in [3.05, 3.63) is 58.3 Å². The third kappa shape index (κ3) is 2.12. The fourth-order valence-electron chi connectivity index (χ4n) is 3.68. The molecule has 122 valence electrons. The number of aromatic nitrogens is 1. The lowest BCUT2D eigenvalue weighted by atomic mass is 9.73. The number of fused-ring (bicyclic) bond motifs is 2. The van der Waals surface area contributed by atoms with Crippen LogP contribution in [0.3, 0.4) is 0 Å². The number of carbonyl (C=O) groups is 1. The number of piperidine rings is 1. The Morgan fingerprint density at radius 2 is 1.96 bits per heavy atom. The summed E-state index contributed by atoms with van der Waals surface area (Å²) in [5.41, 5.74) is 1.49. The zero-order chi connectivity index (χ0) is 16.7.